The Labute approximate surface area is 115 Å². The van der Waals surface area contributed by atoms with Crippen LogP contribution in [0, 0.1) is 0 Å². The van der Waals surface area contributed by atoms with Crippen LogP contribution in [-0.2, 0) is 21.3 Å². The van der Waals surface area contributed by atoms with E-state index >= 15 is 0 Å². The molecular formula is C13H18ClNO2S. The predicted octanol–water partition coefficient (Wildman–Crippen LogP) is 2.50. The fraction of sp³-hybridized carbons (Fsp3) is 0.462. The molecule has 1 N–H and O–H groups in total. The van der Waals surface area contributed by atoms with Crippen LogP contribution in [0.1, 0.15) is 25.8 Å². The van der Waals surface area contributed by atoms with Crippen LogP contribution in [0.5, 0.6) is 0 Å². The Bertz CT molecular complexity index is 437. The number of hydrogen-bond acceptors (Lipinski definition) is 2. The standard InChI is InChI=1S/C13H18ClNO2S/c1-3-7-15-13(16)10(2)18(17)9-11-5-4-6-12(14)8-11/h4-6,8,10H,3,7,9H2,1-2H3,(H,15,16)/t10-,18-/m0/s1. The lowest BCUT2D eigenvalue weighted by atomic mass is 10.2. The molecule has 1 rings (SSSR count). The molecule has 0 aliphatic heterocycles. The molecule has 100 valence electrons. The number of carbonyl (C=O) groups is 1. The van der Waals surface area contributed by atoms with E-state index in [1.54, 1.807) is 19.1 Å². The van der Waals surface area contributed by atoms with Crippen LogP contribution in [0.15, 0.2) is 24.3 Å². The zero-order chi connectivity index (χ0) is 13.5. The smallest absolute Gasteiger partial charge is 0.235 e. The summed E-state index contributed by atoms with van der Waals surface area (Å²) in [6.45, 7) is 4.29. The van der Waals surface area contributed by atoms with Gasteiger partial charge in [0, 0.05) is 28.1 Å². The van der Waals surface area contributed by atoms with Gasteiger partial charge in [-0.15, -0.1) is 0 Å². The van der Waals surface area contributed by atoms with Gasteiger partial charge in [0.2, 0.25) is 5.91 Å². The first-order chi connectivity index (χ1) is 8.54. The van der Waals surface area contributed by atoms with Crippen molar-refractivity contribution in [3.8, 4) is 0 Å². The van der Waals surface area contributed by atoms with Crippen molar-refractivity contribution in [2.75, 3.05) is 6.54 Å². The highest BCUT2D eigenvalue weighted by atomic mass is 35.5. The van der Waals surface area contributed by atoms with Gasteiger partial charge in [-0.05, 0) is 31.0 Å². The summed E-state index contributed by atoms with van der Waals surface area (Å²) in [7, 11) is -1.23. The molecule has 0 saturated heterocycles. The second-order valence-electron chi connectivity index (χ2n) is 4.09. The molecule has 0 aliphatic carbocycles. The molecule has 0 aromatic heterocycles. The van der Waals surface area contributed by atoms with Crippen LogP contribution in [0.3, 0.4) is 0 Å². The van der Waals surface area contributed by atoms with Crippen molar-refractivity contribution >= 4 is 28.3 Å². The van der Waals surface area contributed by atoms with E-state index < -0.39 is 16.0 Å². The van der Waals surface area contributed by atoms with Crippen molar-refractivity contribution in [3.63, 3.8) is 0 Å². The second-order valence-corrected chi connectivity index (χ2v) is 6.28. The average molecular weight is 288 g/mol. The Morgan fingerprint density at radius 1 is 1.50 bits per heavy atom. The van der Waals surface area contributed by atoms with E-state index in [4.69, 9.17) is 11.6 Å². The highest BCUT2D eigenvalue weighted by molar-refractivity contribution is 7.85. The van der Waals surface area contributed by atoms with E-state index in [0.717, 1.165) is 12.0 Å². The molecule has 0 heterocycles. The van der Waals surface area contributed by atoms with Crippen LogP contribution in [0.25, 0.3) is 0 Å². The normalized spacial score (nSPS) is 13.9. The van der Waals surface area contributed by atoms with E-state index in [0.29, 0.717) is 17.3 Å². The van der Waals surface area contributed by atoms with E-state index in [1.165, 1.54) is 0 Å². The maximum absolute atomic E-state index is 12.0. The maximum atomic E-state index is 12.0. The first kappa shape index (κ1) is 15.2. The zero-order valence-electron chi connectivity index (χ0n) is 10.6. The van der Waals surface area contributed by atoms with Gasteiger partial charge in [-0.3, -0.25) is 9.00 Å². The Kier molecular flexibility index (Phi) is 6.36. The molecule has 3 nitrogen and oxygen atoms in total. The second kappa shape index (κ2) is 7.54. The summed E-state index contributed by atoms with van der Waals surface area (Å²) in [6, 6.07) is 7.22. The SMILES string of the molecule is CCCNC(=O)[C@H](C)[S@@](=O)Cc1cccc(Cl)c1. The third kappa shape index (κ3) is 4.78. The van der Waals surface area contributed by atoms with Crippen LogP contribution >= 0.6 is 11.6 Å². The summed E-state index contributed by atoms with van der Waals surface area (Å²) in [5, 5.41) is 2.87. The summed E-state index contributed by atoms with van der Waals surface area (Å²) in [5.74, 6) is 0.193. The molecule has 1 aromatic rings. The van der Waals surface area contributed by atoms with Gasteiger partial charge in [-0.1, -0.05) is 30.7 Å². The summed E-state index contributed by atoms with van der Waals surface area (Å²) in [5.41, 5.74) is 0.885. The minimum atomic E-state index is -1.23. The Balaban J connectivity index is 2.57. The molecule has 2 atom stereocenters. The van der Waals surface area contributed by atoms with Crippen molar-refractivity contribution in [2.24, 2.45) is 0 Å². The molecule has 0 saturated carbocycles. The Morgan fingerprint density at radius 2 is 2.22 bits per heavy atom. The molecule has 0 bridgehead atoms. The number of halogens is 1. The minimum Gasteiger partial charge on any atom is -0.355 e. The molecule has 1 aromatic carbocycles. The van der Waals surface area contributed by atoms with Gasteiger partial charge in [-0.2, -0.15) is 0 Å². The van der Waals surface area contributed by atoms with E-state index in [9.17, 15) is 9.00 Å². The molecule has 0 unspecified atom stereocenters. The lowest BCUT2D eigenvalue weighted by Crippen LogP contribution is -2.36. The van der Waals surface area contributed by atoms with Gasteiger partial charge in [-0.25, -0.2) is 0 Å². The monoisotopic (exact) mass is 287 g/mol. The van der Waals surface area contributed by atoms with E-state index in [2.05, 4.69) is 5.32 Å². The molecule has 18 heavy (non-hydrogen) atoms. The third-order valence-corrected chi connectivity index (χ3v) is 4.37. The molecule has 0 spiro atoms. The largest absolute Gasteiger partial charge is 0.355 e. The van der Waals surface area contributed by atoms with Crippen LogP contribution < -0.4 is 5.32 Å². The van der Waals surface area contributed by atoms with E-state index in [-0.39, 0.29) is 5.91 Å². The van der Waals surface area contributed by atoms with E-state index in [1.807, 2.05) is 19.1 Å². The quantitative estimate of drug-likeness (QED) is 0.874. The molecule has 0 fully saturated rings. The number of rotatable bonds is 6. The first-order valence-electron chi connectivity index (χ1n) is 5.94. The number of benzene rings is 1. The van der Waals surface area contributed by atoms with Crippen molar-refractivity contribution in [1.82, 2.24) is 5.32 Å². The van der Waals surface area contributed by atoms with Crippen molar-refractivity contribution < 1.29 is 9.00 Å². The maximum Gasteiger partial charge on any atom is 0.235 e. The molecular weight excluding hydrogens is 270 g/mol. The highest BCUT2D eigenvalue weighted by Gasteiger charge is 2.19. The van der Waals surface area contributed by atoms with Crippen LogP contribution in [0.2, 0.25) is 5.02 Å². The fourth-order valence-electron chi connectivity index (χ4n) is 1.43. The van der Waals surface area contributed by atoms with Gasteiger partial charge in [0.15, 0.2) is 0 Å². The summed E-state index contributed by atoms with van der Waals surface area (Å²) in [4.78, 5) is 11.7. The van der Waals surface area contributed by atoms with Gasteiger partial charge in [0.25, 0.3) is 0 Å². The zero-order valence-corrected chi connectivity index (χ0v) is 12.2. The molecule has 1 amide bonds. The fourth-order valence-corrected chi connectivity index (χ4v) is 2.72. The van der Waals surface area contributed by atoms with Gasteiger partial charge < -0.3 is 5.32 Å². The van der Waals surface area contributed by atoms with Crippen LogP contribution in [0.4, 0.5) is 0 Å². The average Bonchev–Trinajstić information content (AvgIpc) is 2.35. The Hall–Kier alpha value is -0.870. The number of amides is 1. The molecule has 5 heteroatoms. The Morgan fingerprint density at radius 3 is 2.83 bits per heavy atom. The first-order valence-corrected chi connectivity index (χ1v) is 7.70. The van der Waals surface area contributed by atoms with Crippen molar-refractivity contribution in [1.29, 1.82) is 0 Å². The lowest BCUT2D eigenvalue weighted by Gasteiger charge is -2.11. The lowest BCUT2D eigenvalue weighted by molar-refractivity contribution is -0.120. The van der Waals surface area contributed by atoms with Gasteiger partial charge in [0.05, 0.1) is 0 Å². The predicted molar refractivity (Wildman–Crippen MR) is 76.1 cm³/mol. The number of carbonyl (C=O) groups excluding carboxylic acids is 1. The summed E-state index contributed by atoms with van der Waals surface area (Å²) >= 11 is 5.86. The minimum absolute atomic E-state index is 0.155. The molecule has 0 aliphatic rings. The highest BCUT2D eigenvalue weighted by Crippen LogP contribution is 2.13. The van der Waals surface area contributed by atoms with Gasteiger partial charge in [0.1, 0.15) is 5.25 Å². The van der Waals surface area contributed by atoms with Gasteiger partial charge >= 0.3 is 0 Å². The third-order valence-electron chi connectivity index (χ3n) is 2.51. The number of hydrogen-bond donors (Lipinski definition) is 1. The summed E-state index contributed by atoms with van der Waals surface area (Å²) in [6.07, 6.45) is 0.874. The topological polar surface area (TPSA) is 46.2 Å². The van der Waals surface area contributed by atoms with Crippen molar-refractivity contribution in [3.05, 3.63) is 34.9 Å². The van der Waals surface area contributed by atoms with Crippen LogP contribution in [-0.4, -0.2) is 21.9 Å². The molecule has 0 radical (unpaired) electrons. The van der Waals surface area contributed by atoms with Crippen molar-refractivity contribution in [2.45, 2.75) is 31.3 Å². The summed E-state index contributed by atoms with van der Waals surface area (Å²) < 4.78 is 12.0. The number of nitrogens with one attached hydrogen (secondary N) is 1.